The van der Waals surface area contributed by atoms with Crippen LogP contribution in [0.1, 0.15) is 26.7 Å². The lowest BCUT2D eigenvalue weighted by Crippen LogP contribution is -2.41. The minimum absolute atomic E-state index is 0.000631. The maximum Gasteiger partial charge on any atom is 0.234 e. The summed E-state index contributed by atoms with van der Waals surface area (Å²) in [6, 6.07) is 9.61. The monoisotopic (exact) mass is 264 g/mol. The van der Waals surface area contributed by atoms with Crippen LogP contribution in [-0.4, -0.2) is 31.6 Å². The second-order valence-corrected chi connectivity index (χ2v) is 4.62. The highest BCUT2D eigenvalue weighted by atomic mass is 16.5. The molecule has 0 fully saturated rings. The van der Waals surface area contributed by atoms with Crippen molar-refractivity contribution < 1.29 is 9.53 Å². The SMILES string of the molecule is CCCCNCC(=O)NC(C)COc1ccccc1. The molecule has 1 aromatic rings. The third-order valence-corrected chi connectivity index (χ3v) is 2.64. The fourth-order valence-corrected chi connectivity index (χ4v) is 1.61. The van der Waals surface area contributed by atoms with Crippen molar-refractivity contribution in [3.05, 3.63) is 30.3 Å². The van der Waals surface area contributed by atoms with E-state index in [4.69, 9.17) is 4.74 Å². The average Bonchev–Trinajstić information content (AvgIpc) is 2.42. The third kappa shape index (κ3) is 7.47. The number of hydrogen-bond acceptors (Lipinski definition) is 3. The Morgan fingerprint density at radius 2 is 2.05 bits per heavy atom. The Bertz CT molecular complexity index is 354. The third-order valence-electron chi connectivity index (χ3n) is 2.64. The molecule has 0 aromatic heterocycles. The van der Waals surface area contributed by atoms with Crippen LogP contribution in [-0.2, 0) is 4.79 Å². The van der Waals surface area contributed by atoms with Gasteiger partial charge in [0.25, 0.3) is 0 Å². The van der Waals surface area contributed by atoms with E-state index >= 15 is 0 Å². The molecule has 0 radical (unpaired) electrons. The highest BCUT2D eigenvalue weighted by Gasteiger charge is 2.07. The van der Waals surface area contributed by atoms with Gasteiger partial charge in [-0.05, 0) is 32.0 Å². The molecule has 4 nitrogen and oxygen atoms in total. The molecule has 1 amide bonds. The van der Waals surface area contributed by atoms with E-state index in [0.29, 0.717) is 13.2 Å². The van der Waals surface area contributed by atoms with Crippen molar-refractivity contribution in [1.82, 2.24) is 10.6 Å². The van der Waals surface area contributed by atoms with E-state index in [0.717, 1.165) is 25.1 Å². The first kappa shape index (κ1) is 15.5. The summed E-state index contributed by atoms with van der Waals surface area (Å²) >= 11 is 0. The van der Waals surface area contributed by atoms with E-state index < -0.39 is 0 Å². The van der Waals surface area contributed by atoms with Crippen molar-refractivity contribution in [2.75, 3.05) is 19.7 Å². The molecular weight excluding hydrogens is 240 g/mol. The van der Waals surface area contributed by atoms with Crippen LogP contribution in [0.4, 0.5) is 0 Å². The number of rotatable bonds is 9. The predicted molar refractivity (Wildman–Crippen MR) is 77.3 cm³/mol. The normalized spacial score (nSPS) is 11.9. The summed E-state index contributed by atoms with van der Waals surface area (Å²) in [5.74, 6) is 0.838. The smallest absolute Gasteiger partial charge is 0.234 e. The first-order valence-electron chi connectivity index (χ1n) is 6.90. The van der Waals surface area contributed by atoms with E-state index in [2.05, 4.69) is 17.6 Å². The Labute approximate surface area is 115 Å². The average molecular weight is 264 g/mol. The summed E-state index contributed by atoms with van der Waals surface area (Å²) in [7, 11) is 0. The summed E-state index contributed by atoms with van der Waals surface area (Å²) in [6.45, 7) is 5.80. The quantitative estimate of drug-likeness (QED) is 0.670. The molecule has 4 heteroatoms. The number of ether oxygens (including phenoxy) is 1. The van der Waals surface area contributed by atoms with Gasteiger partial charge in [0.15, 0.2) is 0 Å². The molecule has 0 aliphatic carbocycles. The maximum absolute atomic E-state index is 11.6. The molecule has 106 valence electrons. The number of para-hydroxylation sites is 1. The largest absolute Gasteiger partial charge is 0.491 e. The Morgan fingerprint density at radius 3 is 2.74 bits per heavy atom. The molecule has 1 aromatic carbocycles. The fourth-order valence-electron chi connectivity index (χ4n) is 1.61. The summed E-state index contributed by atoms with van der Waals surface area (Å²) in [5.41, 5.74) is 0. The molecule has 0 heterocycles. The maximum atomic E-state index is 11.6. The highest BCUT2D eigenvalue weighted by molar-refractivity contribution is 5.78. The molecule has 1 atom stereocenters. The molecule has 2 N–H and O–H groups in total. The molecular formula is C15H24N2O2. The zero-order chi connectivity index (χ0) is 13.9. The number of benzene rings is 1. The van der Waals surface area contributed by atoms with Crippen molar-refractivity contribution in [3.63, 3.8) is 0 Å². The second kappa shape index (κ2) is 9.39. The van der Waals surface area contributed by atoms with Crippen molar-refractivity contribution in [2.45, 2.75) is 32.7 Å². The van der Waals surface area contributed by atoms with Crippen LogP contribution in [0, 0.1) is 0 Å². The van der Waals surface area contributed by atoms with Gasteiger partial charge in [0, 0.05) is 0 Å². The van der Waals surface area contributed by atoms with Gasteiger partial charge >= 0.3 is 0 Å². The predicted octanol–water partition coefficient (Wildman–Crippen LogP) is 1.96. The van der Waals surface area contributed by atoms with Gasteiger partial charge in [-0.25, -0.2) is 0 Å². The van der Waals surface area contributed by atoms with Crippen molar-refractivity contribution in [2.24, 2.45) is 0 Å². The second-order valence-electron chi connectivity index (χ2n) is 4.62. The zero-order valence-electron chi connectivity index (χ0n) is 11.8. The van der Waals surface area contributed by atoms with Crippen molar-refractivity contribution in [3.8, 4) is 5.75 Å². The van der Waals surface area contributed by atoms with Crippen molar-refractivity contribution in [1.29, 1.82) is 0 Å². The lowest BCUT2D eigenvalue weighted by atomic mass is 10.3. The summed E-state index contributed by atoms with van der Waals surface area (Å²) in [4.78, 5) is 11.6. The van der Waals surface area contributed by atoms with Gasteiger partial charge in [0.05, 0.1) is 12.6 Å². The van der Waals surface area contributed by atoms with Gasteiger partial charge in [-0.1, -0.05) is 31.5 Å². The van der Waals surface area contributed by atoms with Gasteiger partial charge in [-0.2, -0.15) is 0 Å². The van der Waals surface area contributed by atoms with Crippen LogP contribution in [0.3, 0.4) is 0 Å². The number of hydrogen-bond donors (Lipinski definition) is 2. The lowest BCUT2D eigenvalue weighted by molar-refractivity contribution is -0.121. The molecule has 0 aliphatic rings. The van der Waals surface area contributed by atoms with Crippen LogP contribution < -0.4 is 15.4 Å². The van der Waals surface area contributed by atoms with E-state index in [1.54, 1.807) is 0 Å². The van der Waals surface area contributed by atoms with Gasteiger partial charge in [0.1, 0.15) is 12.4 Å². The first-order valence-corrected chi connectivity index (χ1v) is 6.90. The minimum Gasteiger partial charge on any atom is -0.491 e. The Balaban J connectivity index is 2.13. The zero-order valence-corrected chi connectivity index (χ0v) is 11.8. The van der Waals surface area contributed by atoms with Crippen LogP contribution >= 0.6 is 0 Å². The Morgan fingerprint density at radius 1 is 1.32 bits per heavy atom. The van der Waals surface area contributed by atoms with Crippen LogP contribution in [0.5, 0.6) is 5.75 Å². The number of carbonyl (C=O) groups excluding carboxylic acids is 1. The summed E-state index contributed by atoms with van der Waals surface area (Å²) in [6.07, 6.45) is 2.23. The summed E-state index contributed by atoms with van der Waals surface area (Å²) in [5, 5.41) is 6.01. The van der Waals surface area contributed by atoms with Crippen molar-refractivity contribution >= 4 is 5.91 Å². The number of amides is 1. The lowest BCUT2D eigenvalue weighted by Gasteiger charge is -2.15. The molecule has 0 spiro atoms. The molecule has 0 bridgehead atoms. The van der Waals surface area contributed by atoms with Gasteiger partial charge in [-0.15, -0.1) is 0 Å². The number of unbranched alkanes of at least 4 members (excludes halogenated alkanes) is 1. The van der Waals surface area contributed by atoms with Gasteiger partial charge < -0.3 is 15.4 Å². The number of nitrogens with one attached hydrogen (secondary N) is 2. The number of carbonyl (C=O) groups is 1. The molecule has 0 saturated heterocycles. The highest BCUT2D eigenvalue weighted by Crippen LogP contribution is 2.08. The van der Waals surface area contributed by atoms with Crippen LogP contribution in [0.15, 0.2) is 30.3 Å². The molecule has 19 heavy (non-hydrogen) atoms. The molecule has 1 rings (SSSR count). The standard InChI is InChI=1S/C15H24N2O2/c1-3-4-10-16-11-15(18)17-13(2)12-19-14-8-6-5-7-9-14/h5-9,13,16H,3-4,10-12H2,1-2H3,(H,17,18). The topological polar surface area (TPSA) is 50.4 Å². The van der Waals surface area contributed by atoms with Crippen LogP contribution in [0.25, 0.3) is 0 Å². The van der Waals surface area contributed by atoms with Gasteiger partial charge in [-0.3, -0.25) is 4.79 Å². The summed E-state index contributed by atoms with van der Waals surface area (Å²) < 4.78 is 5.58. The van der Waals surface area contributed by atoms with Gasteiger partial charge in [0.2, 0.25) is 5.91 Å². The fraction of sp³-hybridized carbons (Fsp3) is 0.533. The molecule has 1 unspecified atom stereocenters. The Kier molecular flexibility index (Phi) is 7.66. The van der Waals surface area contributed by atoms with E-state index in [-0.39, 0.29) is 11.9 Å². The molecule has 0 saturated carbocycles. The van der Waals surface area contributed by atoms with Crippen LogP contribution in [0.2, 0.25) is 0 Å². The Hall–Kier alpha value is -1.55. The molecule has 0 aliphatic heterocycles. The van der Waals surface area contributed by atoms with E-state index in [1.165, 1.54) is 0 Å². The first-order chi connectivity index (χ1) is 9.22. The van der Waals surface area contributed by atoms with E-state index in [9.17, 15) is 4.79 Å². The minimum atomic E-state index is 0.000631. The van der Waals surface area contributed by atoms with E-state index in [1.807, 2.05) is 37.3 Å².